The first-order valence-corrected chi connectivity index (χ1v) is 7.77. The second kappa shape index (κ2) is 7.27. The zero-order valence-electron chi connectivity index (χ0n) is 14.0. The number of aryl methyl sites for hydroxylation is 1. The topological polar surface area (TPSA) is 99.2 Å². The maximum absolute atomic E-state index is 12.7. The summed E-state index contributed by atoms with van der Waals surface area (Å²) < 4.78 is 11.9. The van der Waals surface area contributed by atoms with Gasteiger partial charge in [0.05, 0.1) is 31.0 Å². The van der Waals surface area contributed by atoms with Crippen LogP contribution < -0.4 is 10.9 Å². The summed E-state index contributed by atoms with van der Waals surface area (Å²) >= 11 is 0. The van der Waals surface area contributed by atoms with Crippen molar-refractivity contribution in [1.82, 2.24) is 19.9 Å². The van der Waals surface area contributed by atoms with Gasteiger partial charge in [-0.3, -0.25) is 19.1 Å². The van der Waals surface area contributed by atoms with E-state index in [1.807, 2.05) is 6.07 Å². The number of furan rings is 1. The summed E-state index contributed by atoms with van der Waals surface area (Å²) in [6.07, 6.45) is 3.04. The summed E-state index contributed by atoms with van der Waals surface area (Å²) in [5, 5.41) is 2.94. The fourth-order valence-corrected chi connectivity index (χ4v) is 2.52. The average Bonchev–Trinajstić information content (AvgIpc) is 2.97. The second-order valence-electron chi connectivity index (χ2n) is 5.45. The van der Waals surface area contributed by atoms with Crippen LogP contribution in [0.25, 0.3) is 11.1 Å². The molecule has 8 nitrogen and oxygen atoms in total. The third kappa shape index (κ3) is 3.43. The second-order valence-corrected chi connectivity index (χ2v) is 5.45. The van der Waals surface area contributed by atoms with E-state index in [4.69, 9.17) is 9.15 Å². The minimum atomic E-state index is -0.398. The summed E-state index contributed by atoms with van der Waals surface area (Å²) in [5.41, 5.74) is 0.744. The monoisotopic (exact) mass is 342 g/mol. The van der Waals surface area contributed by atoms with Crippen LogP contribution in [0, 0.1) is 6.92 Å². The van der Waals surface area contributed by atoms with Crippen molar-refractivity contribution in [2.24, 2.45) is 0 Å². The van der Waals surface area contributed by atoms with Crippen LogP contribution in [0.1, 0.15) is 21.8 Å². The molecule has 0 radical (unpaired) electrons. The van der Waals surface area contributed by atoms with Gasteiger partial charge in [-0.05, 0) is 19.1 Å². The van der Waals surface area contributed by atoms with Crippen LogP contribution in [-0.2, 0) is 17.8 Å². The zero-order chi connectivity index (χ0) is 17.8. The Hall–Kier alpha value is -3.00. The lowest BCUT2D eigenvalue weighted by atomic mass is 10.1. The number of pyridine rings is 1. The van der Waals surface area contributed by atoms with Gasteiger partial charge in [0.2, 0.25) is 5.71 Å². The van der Waals surface area contributed by atoms with Crippen LogP contribution in [0.2, 0.25) is 0 Å². The molecule has 0 aliphatic carbocycles. The lowest BCUT2D eigenvalue weighted by molar-refractivity contribution is 0.0950. The number of hydrogen-bond acceptors (Lipinski definition) is 6. The predicted molar refractivity (Wildman–Crippen MR) is 90.3 cm³/mol. The molecule has 0 aromatic carbocycles. The molecule has 8 heteroatoms. The molecule has 1 amide bonds. The molecule has 0 atom stereocenters. The highest BCUT2D eigenvalue weighted by molar-refractivity contribution is 6.06. The van der Waals surface area contributed by atoms with Gasteiger partial charge in [-0.2, -0.15) is 0 Å². The number of nitrogens with zero attached hydrogens (tertiary/aromatic N) is 3. The van der Waals surface area contributed by atoms with Crippen LogP contribution >= 0.6 is 0 Å². The van der Waals surface area contributed by atoms with E-state index in [2.05, 4.69) is 15.3 Å². The van der Waals surface area contributed by atoms with Gasteiger partial charge in [0.15, 0.2) is 0 Å². The summed E-state index contributed by atoms with van der Waals surface area (Å²) in [5.74, 6) is -0.0482. The number of rotatable bonds is 6. The Bertz CT molecular complexity index is 946. The number of carbonyl (C=O) groups excluding carboxylic acids is 1. The van der Waals surface area contributed by atoms with Crippen LogP contribution in [0.3, 0.4) is 0 Å². The smallest absolute Gasteiger partial charge is 0.265 e. The first-order chi connectivity index (χ1) is 12.1. The number of fused-ring (bicyclic) bond motifs is 1. The van der Waals surface area contributed by atoms with Gasteiger partial charge >= 0.3 is 0 Å². The number of hydrogen-bond donors (Lipinski definition) is 1. The van der Waals surface area contributed by atoms with E-state index in [-0.39, 0.29) is 28.8 Å². The van der Waals surface area contributed by atoms with Crippen LogP contribution in [0.4, 0.5) is 0 Å². The molecule has 0 saturated heterocycles. The summed E-state index contributed by atoms with van der Waals surface area (Å²) in [7, 11) is 1.55. The molecule has 0 unspecified atom stereocenters. The average molecular weight is 342 g/mol. The number of carbonyl (C=O) groups is 1. The van der Waals surface area contributed by atoms with Crippen molar-refractivity contribution < 1.29 is 13.9 Å². The number of nitrogens with one attached hydrogen (secondary N) is 1. The maximum atomic E-state index is 12.7. The summed E-state index contributed by atoms with van der Waals surface area (Å²) in [6.45, 7) is 2.60. The van der Waals surface area contributed by atoms with Gasteiger partial charge in [0.1, 0.15) is 17.5 Å². The van der Waals surface area contributed by atoms with Gasteiger partial charge < -0.3 is 14.5 Å². The van der Waals surface area contributed by atoms with Gasteiger partial charge in [0, 0.05) is 13.3 Å². The molecule has 3 aromatic rings. The zero-order valence-corrected chi connectivity index (χ0v) is 14.0. The highest BCUT2D eigenvalue weighted by Crippen LogP contribution is 2.20. The van der Waals surface area contributed by atoms with E-state index < -0.39 is 5.91 Å². The molecule has 3 heterocycles. The first kappa shape index (κ1) is 16.8. The Balaban J connectivity index is 1.93. The molecule has 25 heavy (non-hydrogen) atoms. The van der Waals surface area contributed by atoms with E-state index in [1.54, 1.807) is 32.4 Å². The normalized spacial score (nSPS) is 11.0. The first-order valence-electron chi connectivity index (χ1n) is 7.77. The molecule has 1 N–H and O–H groups in total. The molecule has 3 aromatic heterocycles. The van der Waals surface area contributed by atoms with Crippen molar-refractivity contribution in [3.63, 3.8) is 0 Å². The Labute approximate surface area is 143 Å². The van der Waals surface area contributed by atoms with Crippen molar-refractivity contribution in [3.8, 4) is 0 Å². The Morgan fingerprint density at radius 1 is 1.36 bits per heavy atom. The van der Waals surface area contributed by atoms with E-state index in [0.717, 1.165) is 5.69 Å². The van der Waals surface area contributed by atoms with Gasteiger partial charge in [-0.25, -0.2) is 4.98 Å². The largest absolute Gasteiger partial charge is 0.442 e. The Morgan fingerprint density at radius 2 is 2.20 bits per heavy atom. The molecule has 0 fully saturated rings. The predicted octanol–water partition coefficient (Wildman–Crippen LogP) is 1.27. The molecule has 0 bridgehead atoms. The van der Waals surface area contributed by atoms with Crippen molar-refractivity contribution >= 4 is 17.0 Å². The molecule has 130 valence electrons. The SMILES string of the molecule is COCCn1cnc2oc(C)c(C(=O)NCc3ccccn3)c2c1=O. The summed E-state index contributed by atoms with van der Waals surface area (Å²) in [6, 6.07) is 5.44. The third-order valence-corrected chi connectivity index (χ3v) is 3.77. The minimum Gasteiger partial charge on any atom is -0.442 e. The lowest BCUT2D eigenvalue weighted by Gasteiger charge is -2.06. The fraction of sp³-hybridized carbons (Fsp3) is 0.294. The Morgan fingerprint density at radius 3 is 2.92 bits per heavy atom. The van der Waals surface area contributed by atoms with Crippen LogP contribution in [0.5, 0.6) is 0 Å². The Kier molecular flexibility index (Phi) is 4.90. The van der Waals surface area contributed by atoms with Crippen molar-refractivity contribution in [2.45, 2.75) is 20.0 Å². The highest BCUT2D eigenvalue weighted by atomic mass is 16.5. The van der Waals surface area contributed by atoms with E-state index in [0.29, 0.717) is 18.9 Å². The molecule has 3 rings (SSSR count). The minimum absolute atomic E-state index is 0.152. The van der Waals surface area contributed by atoms with E-state index >= 15 is 0 Å². The van der Waals surface area contributed by atoms with Crippen molar-refractivity contribution in [2.75, 3.05) is 13.7 Å². The maximum Gasteiger partial charge on any atom is 0.265 e. The highest BCUT2D eigenvalue weighted by Gasteiger charge is 2.22. The van der Waals surface area contributed by atoms with E-state index in [9.17, 15) is 9.59 Å². The molecule has 0 spiro atoms. The number of amides is 1. The lowest BCUT2D eigenvalue weighted by Crippen LogP contribution is -2.27. The van der Waals surface area contributed by atoms with Crippen molar-refractivity contribution in [3.05, 3.63) is 58.1 Å². The van der Waals surface area contributed by atoms with Crippen LogP contribution in [0.15, 0.2) is 39.9 Å². The van der Waals surface area contributed by atoms with Crippen LogP contribution in [-0.4, -0.2) is 34.2 Å². The summed E-state index contributed by atoms with van der Waals surface area (Å²) in [4.78, 5) is 33.5. The molecule has 0 aliphatic heterocycles. The number of ether oxygens (including phenoxy) is 1. The van der Waals surface area contributed by atoms with Gasteiger partial charge in [-0.15, -0.1) is 0 Å². The fourth-order valence-electron chi connectivity index (χ4n) is 2.52. The van der Waals surface area contributed by atoms with E-state index in [1.165, 1.54) is 10.9 Å². The number of methoxy groups -OCH3 is 1. The van der Waals surface area contributed by atoms with Gasteiger partial charge in [-0.1, -0.05) is 6.07 Å². The van der Waals surface area contributed by atoms with Crippen molar-refractivity contribution in [1.29, 1.82) is 0 Å². The quantitative estimate of drug-likeness (QED) is 0.724. The molecular formula is C17H18N4O4. The molecular weight excluding hydrogens is 324 g/mol. The number of aromatic nitrogens is 3. The molecule has 0 saturated carbocycles. The van der Waals surface area contributed by atoms with Gasteiger partial charge in [0.25, 0.3) is 11.5 Å². The molecule has 0 aliphatic rings. The third-order valence-electron chi connectivity index (χ3n) is 3.77. The standard InChI is InChI=1S/C17H18N4O4/c1-11-13(15(22)19-9-12-5-3-4-6-18-12)14-16(25-11)20-10-21(17(14)23)7-8-24-2/h3-6,10H,7-9H2,1-2H3,(H,19,22).